The highest BCUT2D eigenvalue weighted by molar-refractivity contribution is 5.83. The molecule has 0 unspecified atom stereocenters. The van der Waals surface area contributed by atoms with Crippen LogP contribution in [0, 0.1) is 23.2 Å². The lowest BCUT2D eigenvalue weighted by Crippen LogP contribution is -2.47. The van der Waals surface area contributed by atoms with E-state index < -0.39 is 0 Å². The van der Waals surface area contributed by atoms with Crippen molar-refractivity contribution in [1.29, 1.82) is 0 Å². The summed E-state index contributed by atoms with van der Waals surface area (Å²) >= 11 is 0. The monoisotopic (exact) mass is 483 g/mol. The van der Waals surface area contributed by atoms with Crippen molar-refractivity contribution >= 4 is 18.0 Å². The van der Waals surface area contributed by atoms with Crippen LogP contribution in [0.4, 0.5) is 0 Å². The van der Waals surface area contributed by atoms with E-state index in [1.54, 1.807) is 17.2 Å². The van der Waals surface area contributed by atoms with Crippen LogP contribution in [0.15, 0.2) is 23.3 Å². The molecule has 6 rings (SSSR count). The molecule has 8 heteroatoms. The molecule has 1 aromatic rings. The van der Waals surface area contributed by atoms with Crippen LogP contribution in [0.3, 0.4) is 0 Å². The van der Waals surface area contributed by atoms with Crippen LogP contribution in [0.2, 0.25) is 0 Å². The number of hydrogen-bond donors (Lipinski definition) is 1. The predicted octanol–water partition coefficient (Wildman–Crippen LogP) is 3.38. The fraction of sp³-hybridized carbons (Fsp3) is 0.667. The Kier molecular flexibility index (Phi) is 7.27. The minimum Gasteiger partial charge on any atom is -0.490 e. The number of benzene rings is 1. The fourth-order valence-corrected chi connectivity index (χ4v) is 7.10. The van der Waals surface area contributed by atoms with E-state index in [9.17, 15) is 9.59 Å². The number of rotatable bonds is 9. The van der Waals surface area contributed by atoms with Crippen molar-refractivity contribution in [3.8, 4) is 11.5 Å². The summed E-state index contributed by atoms with van der Waals surface area (Å²) < 4.78 is 16.8. The van der Waals surface area contributed by atoms with Gasteiger partial charge < -0.3 is 19.1 Å². The summed E-state index contributed by atoms with van der Waals surface area (Å²) in [5.74, 6) is 3.50. The molecule has 0 atom stereocenters. The molecule has 1 N–H and O–H groups in total. The number of ether oxygens (including phenoxy) is 3. The van der Waals surface area contributed by atoms with E-state index in [1.165, 1.54) is 38.5 Å². The van der Waals surface area contributed by atoms with Gasteiger partial charge in [0.2, 0.25) is 5.91 Å². The molecule has 8 nitrogen and oxygen atoms in total. The molecule has 0 aromatic heterocycles. The van der Waals surface area contributed by atoms with Crippen molar-refractivity contribution in [1.82, 2.24) is 10.3 Å². The first-order valence-corrected chi connectivity index (χ1v) is 13.1. The van der Waals surface area contributed by atoms with Crippen LogP contribution in [-0.4, -0.2) is 62.4 Å². The molecule has 0 radical (unpaired) electrons. The Morgan fingerprint density at radius 3 is 2.43 bits per heavy atom. The maximum absolute atomic E-state index is 12.7. The van der Waals surface area contributed by atoms with Gasteiger partial charge in [-0.25, -0.2) is 5.43 Å². The lowest BCUT2D eigenvalue weighted by atomic mass is 9.49. The zero-order valence-electron chi connectivity index (χ0n) is 20.7. The zero-order valence-corrected chi connectivity index (χ0v) is 20.7. The number of nitrogens with one attached hydrogen (secondary N) is 1. The first-order chi connectivity index (χ1) is 17.0. The molecule has 2 amide bonds. The van der Waals surface area contributed by atoms with Crippen LogP contribution < -0.4 is 14.9 Å². The Hall–Kier alpha value is -2.61. The molecular weight excluding hydrogens is 446 g/mol. The van der Waals surface area contributed by atoms with E-state index in [0.29, 0.717) is 50.8 Å². The first kappa shape index (κ1) is 24.1. The van der Waals surface area contributed by atoms with Crippen molar-refractivity contribution in [2.24, 2.45) is 28.3 Å². The molecular formula is C27H37N3O5. The highest BCUT2D eigenvalue weighted by Gasteiger charge is 2.51. The number of morpholine rings is 1. The summed E-state index contributed by atoms with van der Waals surface area (Å²) in [6, 6.07) is 5.43. The first-order valence-electron chi connectivity index (χ1n) is 13.1. The second-order valence-corrected chi connectivity index (χ2v) is 10.8. The van der Waals surface area contributed by atoms with Crippen LogP contribution in [-0.2, 0) is 14.3 Å². The molecule has 190 valence electrons. The standard InChI is InChI=1S/C27H37N3O5/c1-2-34-24-12-19(3-4-23(24)35-18-26(32)30-5-7-33-8-6-30)17-28-29-25(31)16-27-13-20-9-21(14-27)11-22(10-20)15-27/h3-4,12,17,20-22H,2,5-11,13-16,18H2,1H3,(H,29,31)/b28-17+. The average Bonchev–Trinajstić information content (AvgIpc) is 2.83. The van der Waals surface area contributed by atoms with Gasteiger partial charge in [0.15, 0.2) is 18.1 Å². The normalized spacial score (nSPS) is 29.4. The molecule has 4 bridgehead atoms. The topological polar surface area (TPSA) is 89.5 Å². The molecule has 5 aliphatic rings. The Bertz CT molecular complexity index is 921. The van der Waals surface area contributed by atoms with Gasteiger partial charge in [-0.05, 0) is 92.4 Å². The molecule has 1 saturated heterocycles. The van der Waals surface area contributed by atoms with E-state index in [2.05, 4.69) is 10.5 Å². The maximum atomic E-state index is 12.7. The van der Waals surface area contributed by atoms with Gasteiger partial charge in [-0.1, -0.05) is 0 Å². The van der Waals surface area contributed by atoms with Crippen molar-refractivity contribution in [3.05, 3.63) is 23.8 Å². The van der Waals surface area contributed by atoms with Gasteiger partial charge in [-0.15, -0.1) is 0 Å². The van der Waals surface area contributed by atoms with Crippen LogP contribution in [0.25, 0.3) is 0 Å². The summed E-state index contributed by atoms with van der Waals surface area (Å²) in [7, 11) is 0. The quantitative estimate of drug-likeness (QED) is 0.430. The minimum atomic E-state index is -0.0666. The van der Waals surface area contributed by atoms with Crippen molar-refractivity contribution in [2.75, 3.05) is 39.5 Å². The lowest BCUT2D eigenvalue weighted by molar-refractivity contribution is -0.137. The number of carbonyl (C=O) groups excluding carboxylic acids is 2. The Morgan fingerprint density at radius 2 is 1.77 bits per heavy atom. The van der Waals surface area contributed by atoms with E-state index in [1.807, 2.05) is 19.1 Å². The molecule has 1 heterocycles. The lowest BCUT2D eigenvalue weighted by Gasteiger charge is -2.56. The largest absolute Gasteiger partial charge is 0.490 e. The second kappa shape index (κ2) is 10.6. The number of carbonyl (C=O) groups is 2. The van der Waals surface area contributed by atoms with E-state index >= 15 is 0 Å². The van der Waals surface area contributed by atoms with Crippen molar-refractivity contribution < 1.29 is 23.8 Å². The third-order valence-corrected chi connectivity index (χ3v) is 8.09. The molecule has 1 aromatic carbocycles. The molecule has 4 saturated carbocycles. The van der Waals surface area contributed by atoms with Crippen molar-refractivity contribution in [3.63, 3.8) is 0 Å². The highest BCUT2D eigenvalue weighted by Crippen LogP contribution is 2.61. The van der Waals surface area contributed by atoms with Gasteiger partial charge in [-0.3, -0.25) is 9.59 Å². The van der Waals surface area contributed by atoms with Gasteiger partial charge >= 0.3 is 0 Å². The Morgan fingerprint density at radius 1 is 1.09 bits per heavy atom. The van der Waals surface area contributed by atoms with E-state index in [4.69, 9.17) is 14.2 Å². The zero-order chi connectivity index (χ0) is 24.3. The van der Waals surface area contributed by atoms with Gasteiger partial charge in [-0.2, -0.15) is 5.10 Å². The second-order valence-electron chi connectivity index (χ2n) is 10.8. The Balaban J connectivity index is 1.14. The van der Waals surface area contributed by atoms with Crippen molar-refractivity contribution in [2.45, 2.75) is 51.9 Å². The average molecular weight is 484 g/mol. The molecule has 35 heavy (non-hydrogen) atoms. The Labute approximate surface area is 207 Å². The van der Waals surface area contributed by atoms with Crippen LogP contribution >= 0.6 is 0 Å². The van der Waals surface area contributed by atoms with Gasteiger partial charge in [0.05, 0.1) is 26.0 Å². The van der Waals surface area contributed by atoms with Gasteiger partial charge in [0.25, 0.3) is 5.91 Å². The summed E-state index contributed by atoms with van der Waals surface area (Å²) in [6.07, 6.45) is 9.98. The van der Waals surface area contributed by atoms with E-state index in [0.717, 1.165) is 23.3 Å². The number of hydrogen-bond acceptors (Lipinski definition) is 6. The predicted molar refractivity (Wildman–Crippen MR) is 131 cm³/mol. The van der Waals surface area contributed by atoms with Crippen LogP contribution in [0.5, 0.6) is 11.5 Å². The SMILES string of the molecule is CCOc1cc(/C=N/NC(=O)CC23CC4CC(CC(C4)C2)C3)ccc1OCC(=O)N1CCOCC1. The number of hydrazone groups is 1. The minimum absolute atomic E-state index is 0.00908. The van der Waals surface area contributed by atoms with Gasteiger partial charge in [0, 0.05) is 19.5 Å². The maximum Gasteiger partial charge on any atom is 0.260 e. The molecule has 1 aliphatic heterocycles. The van der Waals surface area contributed by atoms with Gasteiger partial charge in [0.1, 0.15) is 0 Å². The number of nitrogens with zero attached hydrogens (tertiary/aromatic N) is 2. The fourth-order valence-electron chi connectivity index (χ4n) is 7.10. The smallest absolute Gasteiger partial charge is 0.260 e. The number of amides is 2. The summed E-state index contributed by atoms with van der Waals surface area (Å²) in [6.45, 7) is 4.61. The third-order valence-electron chi connectivity index (χ3n) is 8.09. The van der Waals surface area contributed by atoms with Crippen LogP contribution in [0.1, 0.15) is 57.4 Å². The molecule has 4 aliphatic carbocycles. The highest BCUT2D eigenvalue weighted by atomic mass is 16.5. The molecule has 0 spiro atoms. The molecule has 5 fully saturated rings. The van der Waals surface area contributed by atoms with E-state index in [-0.39, 0.29) is 23.8 Å². The summed E-state index contributed by atoms with van der Waals surface area (Å²) in [5, 5.41) is 4.21. The summed E-state index contributed by atoms with van der Waals surface area (Å²) in [5.41, 5.74) is 3.74. The third kappa shape index (κ3) is 5.80. The summed E-state index contributed by atoms with van der Waals surface area (Å²) in [4.78, 5) is 26.8.